The molecule has 2 N–H and O–H groups in total. The second-order valence-corrected chi connectivity index (χ2v) is 6.53. The van der Waals surface area contributed by atoms with Crippen LogP contribution in [0.5, 0.6) is 0 Å². The van der Waals surface area contributed by atoms with Gasteiger partial charge in [-0.1, -0.05) is 30.0 Å². The first-order valence-corrected chi connectivity index (χ1v) is 9.01. The van der Waals surface area contributed by atoms with Gasteiger partial charge in [-0.15, -0.1) is 10.2 Å². The van der Waals surface area contributed by atoms with Gasteiger partial charge in [0.15, 0.2) is 0 Å². The summed E-state index contributed by atoms with van der Waals surface area (Å²) in [6.45, 7) is 2.73. The number of amides is 3. The molecule has 0 saturated carbocycles. The van der Waals surface area contributed by atoms with E-state index in [1.807, 2.05) is 6.07 Å². The SMILES string of the molecule is O=C(CSc1nnc(CN2CCCC2)o1)NC(=O)Nc1ccccc1. The van der Waals surface area contributed by atoms with Crippen molar-refractivity contribution in [2.24, 2.45) is 0 Å². The summed E-state index contributed by atoms with van der Waals surface area (Å²) in [5.74, 6) is 0.137. The Morgan fingerprint density at radius 1 is 1.16 bits per heavy atom. The largest absolute Gasteiger partial charge is 0.415 e. The minimum atomic E-state index is -0.572. The van der Waals surface area contributed by atoms with E-state index >= 15 is 0 Å². The maximum absolute atomic E-state index is 11.8. The van der Waals surface area contributed by atoms with Crippen molar-refractivity contribution in [3.63, 3.8) is 0 Å². The molecule has 0 spiro atoms. The molecule has 8 nitrogen and oxygen atoms in total. The van der Waals surface area contributed by atoms with Crippen molar-refractivity contribution in [1.29, 1.82) is 0 Å². The molecule has 1 aliphatic rings. The maximum atomic E-state index is 11.8. The summed E-state index contributed by atoms with van der Waals surface area (Å²) in [5, 5.41) is 13.1. The van der Waals surface area contributed by atoms with E-state index in [1.54, 1.807) is 24.3 Å². The number of hydrogen-bond donors (Lipinski definition) is 2. The Balaban J connectivity index is 1.39. The number of urea groups is 1. The molecular weight excluding hydrogens is 342 g/mol. The number of rotatable bonds is 6. The number of carbonyl (C=O) groups excluding carboxylic acids is 2. The number of nitrogens with zero attached hydrogens (tertiary/aromatic N) is 3. The van der Waals surface area contributed by atoms with Gasteiger partial charge in [0.2, 0.25) is 11.8 Å². The van der Waals surface area contributed by atoms with Crippen LogP contribution in [0.15, 0.2) is 40.0 Å². The zero-order valence-electron chi connectivity index (χ0n) is 13.6. The van der Waals surface area contributed by atoms with E-state index in [0.29, 0.717) is 23.3 Å². The molecule has 3 rings (SSSR count). The van der Waals surface area contributed by atoms with Crippen molar-refractivity contribution < 1.29 is 14.0 Å². The standard InChI is InChI=1S/C16H19N5O3S/c22-13(18-15(23)17-12-6-2-1-3-7-12)11-25-16-20-19-14(24-16)10-21-8-4-5-9-21/h1-3,6-7H,4-5,8-11H2,(H2,17,18,22,23). The number of nitrogens with one attached hydrogen (secondary N) is 2. The van der Waals surface area contributed by atoms with E-state index in [-0.39, 0.29) is 5.75 Å². The minimum Gasteiger partial charge on any atom is -0.415 e. The molecule has 0 unspecified atom stereocenters. The second kappa shape index (κ2) is 8.63. The molecule has 132 valence electrons. The Morgan fingerprint density at radius 3 is 2.68 bits per heavy atom. The molecule has 0 atom stereocenters. The number of hydrogen-bond acceptors (Lipinski definition) is 7. The first-order chi connectivity index (χ1) is 12.2. The highest BCUT2D eigenvalue weighted by Gasteiger charge is 2.16. The van der Waals surface area contributed by atoms with Gasteiger partial charge < -0.3 is 9.73 Å². The molecule has 0 bridgehead atoms. The molecule has 1 aromatic carbocycles. The van der Waals surface area contributed by atoms with E-state index in [0.717, 1.165) is 24.9 Å². The average molecular weight is 361 g/mol. The minimum absolute atomic E-state index is 0.0214. The van der Waals surface area contributed by atoms with Gasteiger partial charge in [-0.2, -0.15) is 0 Å². The van der Waals surface area contributed by atoms with Crippen molar-refractivity contribution in [3.05, 3.63) is 36.2 Å². The summed E-state index contributed by atoms with van der Waals surface area (Å²) in [6.07, 6.45) is 2.39. The van der Waals surface area contributed by atoms with Crippen molar-refractivity contribution in [2.75, 3.05) is 24.2 Å². The summed E-state index contributed by atoms with van der Waals surface area (Å²) in [4.78, 5) is 25.8. The van der Waals surface area contributed by atoms with Crippen LogP contribution in [-0.2, 0) is 11.3 Å². The van der Waals surface area contributed by atoms with Crippen LogP contribution in [0.1, 0.15) is 18.7 Å². The van der Waals surface area contributed by atoms with Crippen LogP contribution < -0.4 is 10.6 Å². The first kappa shape index (κ1) is 17.4. The van der Waals surface area contributed by atoms with Crippen LogP contribution in [0.25, 0.3) is 0 Å². The third-order valence-corrected chi connectivity index (χ3v) is 4.44. The number of para-hydroxylation sites is 1. The summed E-state index contributed by atoms with van der Waals surface area (Å²) >= 11 is 1.10. The normalized spacial score (nSPS) is 14.4. The van der Waals surface area contributed by atoms with E-state index in [2.05, 4.69) is 25.7 Å². The number of aromatic nitrogens is 2. The molecule has 0 aliphatic carbocycles. The predicted octanol–water partition coefficient (Wildman–Crippen LogP) is 2.11. The van der Waals surface area contributed by atoms with Gasteiger partial charge in [-0.3, -0.25) is 15.0 Å². The Labute approximate surface area is 149 Å². The highest BCUT2D eigenvalue weighted by atomic mass is 32.2. The van der Waals surface area contributed by atoms with Crippen molar-refractivity contribution >= 4 is 29.4 Å². The van der Waals surface area contributed by atoms with Crippen LogP contribution >= 0.6 is 11.8 Å². The van der Waals surface area contributed by atoms with Crippen molar-refractivity contribution in [1.82, 2.24) is 20.4 Å². The molecule has 2 heterocycles. The third kappa shape index (κ3) is 5.57. The predicted molar refractivity (Wildman–Crippen MR) is 93.1 cm³/mol. The number of thioether (sulfide) groups is 1. The molecule has 0 radical (unpaired) electrons. The molecule has 3 amide bonds. The fourth-order valence-electron chi connectivity index (χ4n) is 2.47. The van der Waals surface area contributed by atoms with E-state index in [4.69, 9.17) is 4.42 Å². The molecule has 9 heteroatoms. The summed E-state index contributed by atoms with van der Waals surface area (Å²) in [5.41, 5.74) is 0.615. The number of carbonyl (C=O) groups is 2. The molecule has 1 aromatic heterocycles. The van der Waals surface area contributed by atoms with Gasteiger partial charge >= 0.3 is 6.03 Å². The molecular formula is C16H19N5O3S. The Kier molecular flexibility index (Phi) is 6.02. The summed E-state index contributed by atoms with van der Waals surface area (Å²) < 4.78 is 5.52. The number of anilines is 1. The fraction of sp³-hybridized carbons (Fsp3) is 0.375. The van der Waals surface area contributed by atoms with Gasteiger partial charge in [-0.05, 0) is 38.1 Å². The summed E-state index contributed by atoms with van der Waals surface area (Å²) in [7, 11) is 0. The Morgan fingerprint density at radius 2 is 1.92 bits per heavy atom. The molecule has 25 heavy (non-hydrogen) atoms. The molecule has 1 aliphatic heterocycles. The number of imide groups is 1. The molecule has 1 saturated heterocycles. The lowest BCUT2D eigenvalue weighted by atomic mass is 10.3. The van der Waals surface area contributed by atoms with Gasteiger partial charge in [0.1, 0.15) is 0 Å². The highest BCUT2D eigenvalue weighted by molar-refractivity contribution is 7.99. The number of likely N-dealkylation sites (tertiary alicyclic amines) is 1. The van der Waals surface area contributed by atoms with Crippen molar-refractivity contribution in [2.45, 2.75) is 24.6 Å². The molecule has 2 aromatic rings. The van der Waals surface area contributed by atoms with Crippen LogP contribution in [0.4, 0.5) is 10.5 Å². The van der Waals surface area contributed by atoms with E-state index < -0.39 is 11.9 Å². The summed E-state index contributed by atoms with van der Waals surface area (Å²) in [6, 6.07) is 8.33. The van der Waals surface area contributed by atoms with Gasteiger partial charge in [0.25, 0.3) is 5.22 Å². The lowest BCUT2D eigenvalue weighted by Gasteiger charge is -2.10. The Bertz CT molecular complexity index is 716. The smallest absolute Gasteiger partial charge is 0.325 e. The maximum Gasteiger partial charge on any atom is 0.325 e. The number of benzene rings is 1. The highest BCUT2D eigenvalue weighted by Crippen LogP contribution is 2.18. The fourth-order valence-corrected chi connectivity index (χ4v) is 3.05. The van der Waals surface area contributed by atoms with E-state index in [9.17, 15) is 9.59 Å². The third-order valence-electron chi connectivity index (χ3n) is 3.62. The van der Waals surface area contributed by atoms with Crippen LogP contribution in [0.2, 0.25) is 0 Å². The topological polar surface area (TPSA) is 100 Å². The second-order valence-electron chi connectivity index (χ2n) is 5.60. The average Bonchev–Trinajstić information content (AvgIpc) is 3.26. The van der Waals surface area contributed by atoms with Crippen molar-refractivity contribution in [3.8, 4) is 0 Å². The Hall–Kier alpha value is -2.39. The lowest BCUT2D eigenvalue weighted by molar-refractivity contribution is -0.117. The lowest BCUT2D eigenvalue weighted by Crippen LogP contribution is -2.35. The first-order valence-electron chi connectivity index (χ1n) is 8.02. The van der Waals surface area contributed by atoms with Crippen LogP contribution in [0.3, 0.4) is 0 Å². The monoisotopic (exact) mass is 361 g/mol. The van der Waals surface area contributed by atoms with Crippen LogP contribution in [-0.4, -0.2) is 45.9 Å². The van der Waals surface area contributed by atoms with Gasteiger partial charge in [-0.25, -0.2) is 4.79 Å². The zero-order valence-corrected chi connectivity index (χ0v) is 14.4. The van der Waals surface area contributed by atoms with Gasteiger partial charge in [0, 0.05) is 5.69 Å². The van der Waals surface area contributed by atoms with Gasteiger partial charge in [0.05, 0.1) is 12.3 Å². The molecule has 1 fully saturated rings. The zero-order chi connectivity index (χ0) is 17.5. The van der Waals surface area contributed by atoms with Crippen LogP contribution in [0, 0.1) is 0 Å². The van der Waals surface area contributed by atoms with E-state index in [1.165, 1.54) is 12.8 Å². The quantitative estimate of drug-likeness (QED) is 0.760.